The molecule has 1 aliphatic heterocycles. The van der Waals surface area contributed by atoms with Gasteiger partial charge in [0.25, 0.3) is 0 Å². The third kappa shape index (κ3) is 6.39. The molecule has 0 aliphatic carbocycles. The summed E-state index contributed by atoms with van der Waals surface area (Å²) in [6.45, 7) is 11.4. The molecular weight excluding hydrogens is 522 g/mol. The summed E-state index contributed by atoms with van der Waals surface area (Å²) in [4.78, 5) is 9.12. The standard InChI is InChI=1S/C28H36ClN5O3S/c1-17(2)37-25-14-21(20-9-8-12-30-15-20)19(5)13-24(25)33-28-31-16-22(29)27(34-28)32-23-10-6-7-11-26(23)38(35,36)18(3)4/h6-7,10-11,13-14,16-18,20,30H,8-9,12,15H2,1-5H3,(H2,31,32,33,34). The lowest BCUT2D eigenvalue weighted by Crippen LogP contribution is -2.28. The average Bonchev–Trinajstić information content (AvgIpc) is 2.88. The van der Waals surface area contributed by atoms with Crippen LogP contribution in [0.5, 0.6) is 5.75 Å². The number of sulfone groups is 1. The first-order valence-corrected chi connectivity index (χ1v) is 14.9. The van der Waals surface area contributed by atoms with Gasteiger partial charge >= 0.3 is 0 Å². The molecule has 3 N–H and O–H groups in total. The smallest absolute Gasteiger partial charge is 0.229 e. The molecule has 1 atom stereocenters. The second-order valence-corrected chi connectivity index (χ2v) is 13.0. The predicted molar refractivity (Wildman–Crippen MR) is 154 cm³/mol. The molecule has 1 saturated heterocycles. The topological polar surface area (TPSA) is 105 Å². The Hall–Kier alpha value is -2.88. The fourth-order valence-corrected chi connectivity index (χ4v) is 5.88. The lowest BCUT2D eigenvalue weighted by atomic mass is 9.88. The highest BCUT2D eigenvalue weighted by Crippen LogP contribution is 2.37. The van der Waals surface area contributed by atoms with E-state index in [1.54, 1.807) is 38.1 Å². The first kappa shape index (κ1) is 28.1. The Labute approximate surface area is 230 Å². The molecule has 4 rings (SSSR count). The minimum absolute atomic E-state index is 0.0154. The van der Waals surface area contributed by atoms with E-state index in [9.17, 15) is 8.42 Å². The number of aromatic nitrogens is 2. The minimum Gasteiger partial charge on any atom is -0.489 e. The van der Waals surface area contributed by atoms with Gasteiger partial charge in [-0.2, -0.15) is 4.98 Å². The zero-order valence-electron chi connectivity index (χ0n) is 22.5. The summed E-state index contributed by atoms with van der Waals surface area (Å²) >= 11 is 6.42. The second kappa shape index (κ2) is 11.9. The summed E-state index contributed by atoms with van der Waals surface area (Å²) in [5.74, 6) is 1.77. The van der Waals surface area contributed by atoms with E-state index in [2.05, 4.69) is 45.0 Å². The van der Waals surface area contributed by atoms with Crippen LogP contribution in [0.1, 0.15) is 57.6 Å². The van der Waals surface area contributed by atoms with Crippen LogP contribution in [0.15, 0.2) is 47.5 Å². The molecule has 10 heteroatoms. The van der Waals surface area contributed by atoms with Crippen LogP contribution in [0.3, 0.4) is 0 Å². The Balaban J connectivity index is 1.66. The Morgan fingerprint density at radius 1 is 1.11 bits per heavy atom. The van der Waals surface area contributed by atoms with Crippen molar-refractivity contribution in [2.24, 2.45) is 0 Å². The highest BCUT2D eigenvalue weighted by atomic mass is 35.5. The van der Waals surface area contributed by atoms with Gasteiger partial charge < -0.3 is 20.7 Å². The fourth-order valence-electron chi connectivity index (χ4n) is 4.54. The summed E-state index contributed by atoms with van der Waals surface area (Å²) in [5.41, 5.74) is 3.59. The van der Waals surface area contributed by atoms with Gasteiger partial charge in [-0.1, -0.05) is 23.7 Å². The summed E-state index contributed by atoms with van der Waals surface area (Å²) in [6.07, 6.45) is 3.76. The normalized spacial score (nSPS) is 16.1. The van der Waals surface area contributed by atoms with Gasteiger partial charge in [-0.15, -0.1) is 0 Å². The summed E-state index contributed by atoms with van der Waals surface area (Å²) in [5, 5.41) is 9.57. The highest BCUT2D eigenvalue weighted by Gasteiger charge is 2.24. The molecule has 2 heterocycles. The van der Waals surface area contributed by atoms with Crippen molar-refractivity contribution in [2.45, 2.75) is 69.6 Å². The van der Waals surface area contributed by atoms with E-state index in [4.69, 9.17) is 16.3 Å². The largest absolute Gasteiger partial charge is 0.489 e. The molecule has 0 amide bonds. The van der Waals surface area contributed by atoms with E-state index in [0.29, 0.717) is 23.4 Å². The fraction of sp³-hybridized carbons (Fsp3) is 0.429. The summed E-state index contributed by atoms with van der Waals surface area (Å²) in [7, 11) is -3.52. The number of benzene rings is 2. The van der Waals surface area contributed by atoms with Crippen LogP contribution >= 0.6 is 11.6 Å². The van der Waals surface area contributed by atoms with Gasteiger partial charge in [0.15, 0.2) is 15.7 Å². The third-order valence-corrected chi connectivity index (χ3v) is 9.01. The number of piperidine rings is 1. The predicted octanol–water partition coefficient (Wildman–Crippen LogP) is 6.36. The molecule has 1 unspecified atom stereocenters. The Bertz CT molecular complexity index is 1390. The van der Waals surface area contributed by atoms with E-state index >= 15 is 0 Å². The van der Waals surface area contributed by atoms with Crippen LogP contribution < -0.4 is 20.7 Å². The lowest BCUT2D eigenvalue weighted by molar-refractivity contribution is 0.243. The highest BCUT2D eigenvalue weighted by molar-refractivity contribution is 7.92. The van der Waals surface area contributed by atoms with Crippen LogP contribution in [-0.2, 0) is 9.84 Å². The van der Waals surface area contributed by atoms with Gasteiger partial charge in [-0.3, -0.25) is 0 Å². The quantitative estimate of drug-likeness (QED) is 0.279. The number of hydrogen-bond donors (Lipinski definition) is 3. The molecule has 2 aromatic carbocycles. The molecule has 204 valence electrons. The SMILES string of the molecule is Cc1cc(Nc2ncc(Cl)c(Nc3ccccc3S(=O)(=O)C(C)C)n2)c(OC(C)C)cc1C1CCCNC1. The summed E-state index contributed by atoms with van der Waals surface area (Å²) in [6, 6.07) is 10.9. The number of para-hydroxylation sites is 1. The first-order valence-electron chi connectivity index (χ1n) is 13.0. The van der Waals surface area contributed by atoms with E-state index in [0.717, 1.165) is 42.9 Å². The zero-order valence-corrected chi connectivity index (χ0v) is 24.1. The number of rotatable bonds is 9. The van der Waals surface area contributed by atoms with Gasteiger partial charge in [0, 0.05) is 6.54 Å². The Morgan fingerprint density at radius 3 is 2.55 bits per heavy atom. The zero-order chi connectivity index (χ0) is 27.4. The van der Waals surface area contributed by atoms with Gasteiger partial charge in [-0.05, 0) is 95.3 Å². The second-order valence-electron chi connectivity index (χ2n) is 10.1. The molecule has 0 radical (unpaired) electrons. The third-order valence-electron chi connectivity index (χ3n) is 6.53. The molecule has 1 fully saturated rings. The molecule has 0 saturated carbocycles. The van der Waals surface area contributed by atoms with Crippen LogP contribution in [-0.4, -0.2) is 42.8 Å². The molecule has 8 nitrogen and oxygen atoms in total. The van der Waals surface area contributed by atoms with E-state index in [-0.39, 0.29) is 16.0 Å². The number of anilines is 4. The van der Waals surface area contributed by atoms with Gasteiger partial charge in [-0.25, -0.2) is 13.4 Å². The van der Waals surface area contributed by atoms with Crippen molar-refractivity contribution in [3.8, 4) is 5.75 Å². The minimum atomic E-state index is -3.52. The number of aryl methyl sites for hydroxylation is 1. The molecule has 1 aromatic heterocycles. The van der Waals surface area contributed by atoms with Crippen molar-refractivity contribution in [1.82, 2.24) is 15.3 Å². The monoisotopic (exact) mass is 557 g/mol. The van der Waals surface area contributed by atoms with Crippen LogP contribution in [0.25, 0.3) is 0 Å². The number of nitrogens with zero attached hydrogens (tertiary/aromatic N) is 2. The van der Waals surface area contributed by atoms with Crippen molar-refractivity contribution in [3.05, 3.63) is 58.7 Å². The maximum atomic E-state index is 12.9. The van der Waals surface area contributed by atoms with Crippen LogP contribution in [0, 0.1) is 6.92 Å². The van der Waals surface area contributed by atoms with Crippen molar-refractivity contribution < 1.29 is 13.2 Å². The van der Waals surface area contributed by atoms with Crippen LogP contribution in [0.2, 0.25) is 5.02 Å². The van der Waals surface area contributed by atoms with Crippen LogP contribution in [0.4, 0.5) is 23.1 Å². The number of halogens is 1. The van der Waals surface area contributed by atoms with E-state index in [1.807, 2.05) is 13.8 Å². The van der Waals surface area contributed by atoms with Crippen molar-refractivity contribution in [3.63, 3.8) is 0 Å². The van der Waals surface area contributed by atoms with Crippen molar-refractivity contribution >= 4 is 44.6 Å². The molecule has 38 heavy (non-hydrogen) atoms. The Kier molecular flexibility index (Phi) is 8.80. The molecule has 0 spiro atoms. The van der Waals surface area contributed by atoms with E-state index in [1.165, 1.54) is 11.8 Å². The number of ether oxygens (including phenoxy) is 1. The molecular formula is C28H36ClN5O3S. The lowest BCUT2D eigenvalue weighted by Gasteiger charge is -2.26. The van der Waals surface area contributed by atoms with Gasteiger partial charge in [0.2, 0.25) is 5.95 Å². The number of hydrogen-bond acceptors (Lipinski definition) is 8. The first-order chi connectivity index (χ1) is 18.1. The molecule has 0 bridgehead atoms. The maximum Gasteiger partial charge on any atom is 0.229 e. The number of nitrogens with one attached hydrogen (secondary N) is 3. The molecule has 3 aromatic rings. The van der Waals surface area contributed by atoms with Crippen molar-refractivity contribution in [1.29, 1.82) is 0 Å². The van der Waals surface area contributed by atoms with Crippen molar-refractivity contribution in [2.75, 3.05) is 23.7 Å². The van der Waals surface area contributed by atoms with E-state index < -0.39 is 15.1 Å². The van der Waals surface area contributed by atoms with Gasteiger partial charge in [0.1, 0.15) is 10.8 Å². The maximum absolute atomic E-state index is 12.9. The molecule has 1 aliphatic rings. The Morgan fingerprint density at radius 2 is 1.87 bits per heavy atom. The summed E-state index contributed by atoms with van der Waals surface area (Å²) < 4.78 is 32.0. The average molecular weight is 558 g/mol. The van der Waals surface area contributed by atoms with Gasteiger partial charge in [0.05, 0.1) is 33.8 Å².